The summed E-state index contributed by atoms with van der Waals surface area (Å²) in [6, 6.07) is 2.71. The zero-order valence-corrected chi connectivity index (χ0v) is 17.4. The van der Waals surface area contributed by atoms with E-state index in [1.54, 1.807) is 0 Å². The first-order valence-corrected chi connectivity index (χ1v) is 9.09. The molecule has 9 nitrogen and oxygen atoms in total. The van der Waals surface area contributed by atoms with E-state index in [0.717, 1.165) is 4.68 Å². The third-order valence-electron chi connectivity index (χ3n) is 3.74. The lowest BCUT2D eigenvalue weighted by molar-refractivity contribution is -0.117. The molecule has 0 fully saturated rings. The van der Waals surface area contributed by atoms with Crippen molar-refractivity contribution in [1.82, 2.24) is 20.1 Å². The molecule has 0 saturated heterocycles. The van der Waals surface area contributed by atoms with E-state index in [0.29, 0.717) is 5.57 Å². The number of nitrogens with one attached hydrogen (secondary N) is 2. The molecule has 0 atom stereocenters. The summed E-state index contributed by atoms with van der Waals surface area (Å²) in [5.41, 5.74) is 4.45. The summed E-state index contributed by atoms with van der Waals surface area (Å²) in [7, 11) is 1.52. The molecule has 0 aliphatic carbocycles. The van der Waals surface area contributed by atoms with Crippen LogP contribution in [-0.2, 0) is 4.79 Å². The minimum absolute atomic E-state index is 0.0477. The number of aromatic nitrogens is 3. The van der Waals surface area contributed by atoms with E-state index in [9.17, 15) is 14.4 Å². The summed E-state index contributed by atoms with van der Waals surface area (Å²) in [6.07, 6.45) is 1.48. The van der Waals surface area contributed by atoms with Crippen LogP contribution in [0.2, 0.25) is 10.0 Å². The molecule has 1 amide bonds. The van der Waals surface area contributed by atoms with Gasteiger partial charge in [0.2, 0.25) is 11.7 Å². The summed E-state index contributed by atoms with van der Waals surface area (Å²) < 4.78 is 6.45. The lowest BCUT2D eigenvalue weighted by Crippen LogP contribution is -2.33. The number of anilines is 1. The molecule has 0 spiro atoms. The predicted molar refractivity (Wildman–Crippen MR) is 112 cm³/mol. The van der Waals surface area contributed by atoms with Crippen molar-refractivity contribution in [2.24, 2.45) is 5.92 Å². The van der Waals surface area contributed by atoms with Gasteiger partial charge in [-0.2, -0.15) is 4.68 Å². The van der Waals surface area contributed by atoms with E-state index < -0.39 is 17.1 Å². The largest absolute Gasteiger partial charge is 0.455 e. The number of H-pyrrole nitrogens is 1. The summed E-state index contributed by atoms with van der Waals surface area (Å²) in [4.78, 5) is 37.3. The molecule has 4 N–H and O–H groups in total. The van der Waals surface area contributed by atoms with Gasteiger partial charge >= 0.3 is 5.69 Å². The Hall–Kier alpha value is -3.04. The van der Waals surface area contributed by atoms with Crippen LogP contribution in [0.4, 0.5) is 5.82 Å². The molecule has 0 bridgehead atoms. The molecular formula is C18H19Cl2N5O4. The van der Waals surface area contributed by atoms with Crippen molar-refractivity contribution in [2.45, 2.75) is 13.8 Å². The maximum absolute atomic E-state index is 12.0. The first kappa shape index (κ1) is 22.3. The number of halogens is 2. The molecule has 0 aliphatic rings. The molecule has 1 aromatic heterocycles. The lowest BCUT2D eigenvalue weighted by Gasteiger charge is -2.14. The highest BCUT2D eigenvalue weighted by Gasteiger charge is 2.16. The van der Waals surface area contributed by atoms with Gasteiger partial charge in [0.1, 0.15) is 5.76 Å². The molecule has 1 aromatic carbocycles. The maximum Gasteiger partial charge on any atom is 0.349 e. The van der Waals surface area contributed by atoms with Crippen LogP contribution in [-0.4, -0.2) is 27.7 Å². The fraction of sp³-hybridized carbons (Fsp3) is 0.222. The van der Waals surface area contributed by atoms with Gasteiger partial charge in [0.05, 0.1) is 15.7 Å². The summed E-state index contributed by atoms with van der Waals surface area (Å²) >= 11 is 12.5. The second-order valence-electron chi connectivity index (χ2n) is 6.20. The van der Waals surface area contributed by atoms with Crippen LogP contribution in [0.25, 0.3) is 5.69 Å². The Labute approximate surface area is 175 Å². The average molecular weight is 440 g/mol. The normalized spacial score (nSPS) is 11.4. The molecule has 1 heterocycles. The molecule has 2 aromatic rings. The molecule has 11 heteroatoms. The highest BCUT2D eigenvalue weighted by atomic mass is 35.5. The quantitative estimate of drug-likeness (QED) is 0.358. The number of allylic oxidation sites excluding steroid dienone is 1. The minimum atomic E-state index is -0.815. The second kappa shape index (κ2) is 8.97. The number of ether oxygens (including phenoxy) is 1. The van der Waals surface area contributed by atoms with Crippen LogP contribution in [0.15, 0.2) is 45.7 Å². The van der Waals surface area contributed by atoms with Gasteiger partial charge in [0, 0.05) is 12.6 Å². The zero-order valence-electron chi connectivity index (χ0n) is 15.9. The van der Waals surface area contributed by atoms with Crippen molar-refractivity contribution in [3.8, 4) is 11.4 Å². The summed E-state index contributed by atoms with van der Waals surface area (Å²) in [5.74, 6) is -0.530. The van der Waals surface area contributed by atoms with Crippen LogP contribution in [0.5, 0.6) is 5.75 Å². The fourth-order valence-corrected chi connectivity index (χ4v) is 2.88. The van der Waals surface area contributed by atoms with Gasteiger partial charge < -0.3 is 15.8 Å². The number of likely N-dealkylation sites (N-methyl/N-ethyl adjacent to an activating group) is 1. The number of hydrogen-bond donors (Lipinski definition) is 3. The average Bonchev–Trinajstić information content (AvgIpc) is 2.64. The highest BCUT2D eigenvalue weighted by Crippen LogP contribution is 2.36. The van der Waals surface area contributed by atoms with Gasteiger partial charge in [-0.05, 0) is 24.1 Å². The Morgan fingerprint density at radius 2 is 1.93 bits per heavy atom. The zero-order chi connectivity index (χ0) is 21.9. The molecule has 0 radical (unpaired) electrons. The number of nitrogens with zero attached hydrogens (tertiary/aromatic N) is 2. The smallest absolute Gasteiger partial charge is 0.349 e. The maximum atomic E-state index is 12.0. The first-order valence-electron chi connectivity index (χ1n) is 8.34. The van der Waals surface area contributed by atoms with Gasteiger partial charge in [-0.3, -0.25) is 14.6 Å². The summed E-state index contributed by atoms with van der Waals surface area (Å²) in [6.45, 7) is 7.47. The number of nitrogen functional groups attached to an aromatic ring is 1. The van der Waals surface area contributed by atoms with E-state index in [2.05, 4.69) is 17.0 Å². The van der Waals surface area contributed by atoms with Gasteiger partial charge in [0.15, 0.2) is 5.75 Å². The number of benzene rings is 1. The van der Waals surface area contributed by atoms with Crippen molar-refractivity contribution < 1.29 is 9.53 Å². The van der Waals surface area contributed by atoms with E-state index >= 15 is 0 Å². The third kappa shape index (κ3) is 5.07. The number of carbonyl (C=O) groups is 1. The van der Waals surface area contributed by atoms with Gasteiger partial charge in [0.25, 0.3) is 5.56 Å². The first-order chi connectivity index (χ1) is 13.5. The number of amides is 1. The van der Waals surface area contributed by atoms with E-state index in [1.165, 1.54) is 25.3 Å². The number of carbonyl (C=O) groups excluding carboxylic acids is 1. The molecule has 29 heavy (non-hydrogen) atoms. The molecule has 2 rings (SSSR count). The van der Waals surface area contributed by atoms with Crippen LogP contribution < -0.4 is 27.0 Å². The van der Waals surface area contributed by atoms with Crippen LogP contribution in [0, 0.1) is 5.92 Å². The topological polar surface area (TPSA) is 132 Å². The van der Waals surface area contributed by atoms with Gasteiger partial charge in [-0.1, -0.05) is 43.6 Å². The predicted octanol–water partition coefficient (Wildman–Crippen LogP) is 2.03. The number of rotatable bonds is 6. The van der Waals surface area contributed by atoms with Crippen molar-refractivity contribution in [1.29, 1.82) is 0 Å². The molecule has 0 aliphatic heterocycles. The Bertz CT molecular complexity index is 1090. The van der Waals surface area contributed by atoms with Crippen molar-refractivity contribution in [2.75, 3.05) is 12.8 Å². The van der Waals surface area contributed by atoms with E-state index in [-0.39, 0.29) is 39.1 Å². The van der Waals surface area contributed by atoms with Gasteiger partial charge in [-0.15, -0.1) is 5.10 Å². The van der Waals surface area contributed by atoms with Crippen molar-refractivity contribution in [3.63, 3.8) is 0 Å². The minimum Gasteiger partial charge on any atom is -0.455 e. The van der Waals surface area contributed by atoms with Crippen molar-refractivity contribution >= 4 is 34.9 Å². The van der Waals surface area contributed by atoms with Crippen LogP contribution in [0.3, 0.4) is 0 Å². The summed E-state index contributed by atoms with van der Waals surface area (Å²) in [5, 5.41) is 6.35. The standard InChI is InChI=1S/C18H19Cl2N5O4/c1-8(2)11(16(26)22-4)5-9(3)29-14-12(19)6-10(7-13(14)20)25-18(28)23-17(27)15(21)24-25/h5-8H,3H2,1-2,4H3,(H2,21,24)(H,22,26)(H,23,27,28)/b11-5-. The second-order valence-corrected chi connectivity index (χ2v) is 7.01. The molecule has 154 valence electrons. The van der Waals surface area contributed by atoms with E-state index in [1.807, 2.05) is 18.8 Å². The molecule has 0 unspecified atom stereocenters. The SMILES string of the molecule is C=C(/C=C(\C(=O)NC)C(C)C)Oc1c(Cl)cc(-n2nc(N)c(=O)[nH]c2=O)cc1Cl. The van der Waals surface area contributed by atoms with Crippen LogP contribution >= 0.6 is 23.2 Å². The molecular weight excluding hydrogens is 421 g/mol. The van der Waals surface area contributed by atoms with Crippen molar-refractivity contribution in [3.05, 3.63) is 67.0 Å². The Morgan fingerprint density at radius 1 is 1.34 bits per heavy atom. The monoisotopic (exact) mass is 439 g/mol. The highest BCUT2D eigenvalue weighted by molar-refractivity contribution is 6.37. The Kier molecular flexibility index (Phi) is 6.89. The third-order valence-corrected chi connectivity index (χ3v) is 4.30. The van der Waals surface area contributed by atoms with E-state index in [4.69, 9.17) is 33.7 Å². The Morgan fingerprint density at radius 3 is 2.45 bits per heavy atom. The number of hydrogen-bond acceptors (Lipinski definition) is 6. The lowest BCUT2D eigenvalue weighted by atomic mass is 10.0. The Balaban J connectivity index is 2.41. The molecule has 0 saturated carbocycles. The number of nitrogens with two attached hydrogens (primary N) is 1. The van der Waals surface area contributed by atoms with Gasteiger partial charge in [-0.25, -0.2) is 4.79 Å². The fourth-order valence-electron chi connectivity index (χ4n) is 2.33. The number of aromatic amines is 1. The van der Waals surface area contributed by atoms with Crippen LogP contribution in [0.1, 0.15) is 13.8 Å².